The first kappa shape index (κ1) is 22.1. The molecule has 0 aromatic heterocycles. The number of carbonyl (C=O) groups is 3. The van der Waals surface area contributed by atoms with Gasteiger partial charge in [-0.3, -0.25) is 30.1 Å². The van der Waals surface area contributed by atoms with Crippen molar-refractivity contribution in [2.75, 3.05) is 6.54 Å². The summed E-state index contributed by atoms with van der Waals surface area (Å²) in [7, 11) is 0. The molecule has 2 N–H and O–H groups in total. The van der Waals surface area contributed by atoms with E-state index in [1.165, 1.54) is 17.0 Å². The van der Waals surface area contributed by atoms with Gasteiger partial charge in [0.1, 0.15) is 10.1 Å². The van der Waals surface area contributed by atoms with Crippen LogP contribution >= 0.6 is 39.9 Å². The van der Waals surface area contributed by atoms with E-state index in [1.807, 2.05) is 0 Å². The van der Waals surface area contributed by atoms with E-state index < -0.39 is 23.5 Å². The molecule has 6 nitrogen and oxygen atoms in total. The van der Waals surface area contributed by atoms with Gasteiger partial charge in [-0.25, -0.2) is 4.39 Å². The Morgan fingerprint density at radius 1 is 1.13 bits per heavy atom. The largest absolute Gasteiger partial charge is 0.292 e. The van der Waals surface area contributed by atoms with Gasteiger partial charge in [0.25, 0.3) is 11.8 Å². The van der Waals surface area contributed by atoms with Crippen LogP contribution in [-0.4, -0.2) is 33.5 Å². The lowest BCUT2D eigenvalue weighted by Gasteiger charge is -2.14. The van der Waals surface area contributed by atoms with Crippen molar-refractivity contribution in [2.24, 2.45) is 0 Å². The topological polar surface area (TPSA) is 78.5 Å². The number of benzene rings is 2. The molecule has 0 bridgehead atoms. The first-order valence-corrected chi connectivity index (χ1v) is 10.7. The number of thiocarbonyl (C=S) groups is 1. The van der Waals surface area contributed by atoms with Crippen LogP contribution < -0.4 is 10.9 Å². The number of carbonyl (C=O) groups excluding carboxylic acids is 3. The molecular formula is C20H15BrFN3O3S2. The molecule has 154 valence electrons. The molecule has 2 aromatic rings. The van der Waals surface area contributed by atoms with Crippen LogP contribution in [0.25, 0.3) is 6.08 Å². The fourth-order valence-corrected chi connectivity index (χ4v) is 4.31. The minimum Gasteiger partial charge on any atom is -0.292 e. The predicted molar refractivity (Wildman–Crippen MR) is 121 cm³/mol. The molecule has 0 atom stereocenters. The predicted octanol–water partition coefficient (Wildman–Crippen LogP) is 3.64. The van der Waals surface area contributed by atoms with Crippen molar-refractivity contribution < 1.29 is 18.8 Å². The zero-order chi connectivity index (χ0) is 21.7. The van der Waals surface area contributed by atoms with E-state index in [4.69, 9.17) is 12.2 Å². The molecule has 1 heterocycles. The highest BCUT2D eigenvalue weighted by Crippen LogP contribution is 2.32. The van der Waals surface area contributed by atoms with Crippen molar-refractivity contribution >= 4 is 68.0 Å². The Labute approximate surface area is 190 Å². The number of amides is 3. The third-order valence-corrected chi connectivity index (χ3v) is 6.13. The fourth-order valence-electron chi connectivity index (χ4n) is 2.54. The molecule has 1 aliphatic heterocycles. The minimum absolute atomic E-state index is 0.0377. The lowest BCUT2D eigenvalue weighted by atomic mass is 10.2. The van der Waals surface area contributed by atoms with E-state index >= 15 is 0 Å². The van der Waals surface area contributed by atoms with Gasteiger partial charge in [-0.15, -0.1) is 0 Å². The highest BCUT2D eigenvalue weighted by Gasteiger charge is 2.32. The second-order valence-corrected chi connectivity index (χ2v) is 8.62. The number of nitrogens with one attached hydrogen (secondary N) is 2. The van der Waals surface area contributed by atoms with Gasteiger partial charge in [-0.2, -0.15) is 0 Å². The molecule has 1 aliphatic rings. The molecule has 1 fully saturated rings. The highest BCUT2D eigenvalue weighted by molar-refractivity contribution is 9.10. The molecule has 0 unspecified atom stereocenters. The Hall–Kier alpha value is -2.56. The molecule has 0 radical (unpaired) electrons. The summed E-state index contributed by atoms with van der Waals surface area (Å²) < 4.78 is 14.7. The van der Waals surface area contributed by atoms with Crippen molar-refractivity contribution in [1.82, 2.24) is 15.8 Å². The Balaban J connectivity index is 1.54. The summed E-state index contributed by atoms with van der Waals surface area (Å²) in [5.74, 6) is -1.79. The summed E-state index contributed by atoms with van der Waals surface area (Å²) in [6, 6.07) is 12.9. The monoisotopic (exact) mass is 507 g/mol. The Morgan fingerprint density at radius 2 is 1.83 bits per heavy atom. The normalized spacial score (nSPS) is 14.9. The van der Waals surface area contributed by atoms with Crippen LogP contribution in [0, 0.1) is 5.82 Å². The average Bonchev–Trinajstić information content (AvgIpc) is 2.99. The summed E-state index contributed by atoms with van der Waals surface area (Å²) in [5, 5.41) is 0. The van der Waals surface area contributed by atoms with Gasteiger partial charge < -0.3 is 0 Å². The Morgan fingerprint density at radius 3 is 2.57 bits per heavy atom. The smallest absolute Gasteiger partial charge is 0.270 e. The number of nitrogens with zero attached hydrogens (tertiary/aromatic N) is 1. The molecule has 3 rings (SSSR count). The zero-order valence-electron chi connectivity index (χ0n) is 15.4. The Bertz CT molecular complexity index is 1060. The lowest BCUT2D eigenvalue weighted by molar-refractivity contribution is -0.124. The first-order chi connectivity index (χ1) is 14.4. The minimum atomic E-state index is -0.484. The maximum absolute atomic E-state index is 13.8. The van der Waals surface area contributed by atoms with Gasteiger partial charge in [0.2, 0.25) is 5.91 Å². The van der Waals surface area contributed by atoms with Crippen LogP contribution in [0.15, 0.2) is 57.9 Å². The summed E-state index contributed by atoms with van der Waals surface area (Å²) in [4.78, 5) is 38.3. The Kier molecular flexibility index (Phi) is 7.35. The van der Waals surface area contributed by atoms with Crippen LogP contribution in [-0.2, 0) is 9.59 Å². The molecule has 0 saturated carbocycles. The molecule has 1 saturated heterocycles. The van der Waals surface area contributed by atoms with E-state index in [-0.39, 0.29) is 27.8 Å². The van der Waals surface area contributed by atoms with Crippen LogP contribution in [0.2, 0.25) is 0 Å². The number of halogens is 2. The second-order valence-electron chi connectivity index (χ2n) is 6.09. The molecule has 2 aromatic carbocycles. The molecule has 30 heavy (non-hydrogen) atoms. The lowest BCUT2D eigenvalue weighted by Crippen LogP contribution is -2.43. The van der Waals surface area contributed by atoms with Gasteiger partial charge >= 0.3 is 0 Å². The van der Waals surface area contributed by atoms with Gasteiger partial charge in [-0.05, 0) is 40.2 Å². The summed E-state index contributed by atoms with van der Waals surface area (Å²) >= 11 is 9.52. The quantitative estimate of drug-likeness (QED) is 0.367. The summed E-state index contributed by atoms with van der Waals surface area (Å²) in [6.07, 6.45) is 1.36. The van der Waals surface area contributed by atoms with E-state index in [2.05, 4.69) is 26.8 Å². The van der Waals surface area contributed by atoms with Crippen molar-refractivity contribution in [1.29, 1.82) is 0 Å². The average molecular weight is 508 g/mol. The SMILES string of the molecule is O=C(CCN1C(=O)/C(=C\c2ccccc2F)SC1=S)NNC(=O)c1ccccc1Br. The van der Waals surface area contributed by atoms with E-state index in [0.717, 1.165) is 11.8 Å². The number of rotatable bonds is 5. The molecule has 0 spiro atoms. The number of hydrazine groups is 1. The van der Waals surface area contributed by atoms with Crippen LogP contribution in [0.5, 0.6) is 0 Å². The number of hydrogen-bond acceptors (Lipinski definition) is 5. The summed E-state index contributed by atoms with van der Waals surface area (Å²) in [6.45, 7) is 0.0377. The van der Waals surface area contributed by atoms with Gasteiger partial charge in [-0.1, -0.05) is 54.3 Å². The van der Waals surface area contributed by atoms with Crippen molar-refractivity contribution in [3.8, 4) is 0 Å². The molecule has 10 heteroatoms. The number of hydrogen-bond donors (Lipinski definition) is 2. The molecular weight excluding hydrogens is 493 g/mol. The fraction of sp³-hybridized carbons (Fsp3) is 0.100. The van der Waals surface area contributed by atoms with Gasteiger partial charge in [0.15, 0.2) is 0 Å². The third kappa shape index (κ3) is 5.32. The van der Waals surface area contributed by atoms with E-state index in [1.54, 1.807) is 42.5 Å². The van der Waals surface area contributed by atoms with Gasteiger partial charge in [0, 0.05) is 23.0 Å². The van der Waals surface area contributed by atoms with Crippen molar-refractivity contribution in [2.45, 2.75) is 6.42 Å². The van der Waals surface area contributed by atoms with Crippen LogP contribution in [0.3, 0.4) is 0 Å². The second kappa shape index (κ2) is 9.96. The first-order valence-electron chi connectivity index (χ1n) is 8.70. The van der Waals surface area contributed by atoms with Crippen molar-refractivity contribution in [3.05, 3.63) is 74.9 Å². The summed E-state index contributed by atoms with van der Waals surface area (Å²) in [5.41, 5.74) is 5.28. The van der Waals surface area contributed by atoms with E-state index in [9.17, 15) is 18.8 Å². The maximum Gasteiger partial charge on any atom is 0.270 e. The third-order valence-electron chi connectivity index (χ3n) is 4.06. The molecule has 0 aliphatic carbocycles. The zero-order valence-corrected chi connectivity index (χ0v) is 18.6. The standard InChI is InChI=1S/C20H15BrFN3O3S2/c21-14-7-3-2-6-13(14)18(27)24-23-17(26)9-10-25-19(28)16(30-20(25)29)11-12-5-1-4-8-15(12)22/h1-8,11H,9-10H2,(H,23,26)(H,24,27)/b16-11+. The van der Waals surface area contributed by atoms with Crippen LogP contribution in [0.1, 0.15) is 22.3 Å². The van der Waals surface area contributed by atoms with Gasteiger partial charge in [0.05, 0.1) is 10.5 Å². The maximum atomic E-state index is 13.8. The molecule has 3 amide bonds. The highest BCUT2D eigenvalue weighted by atomic mass is 79.9. The van der Waals surface area contributed by atoms with Crippen molar-refractivity contribution in [3.63, 3.8) is 0 Å². The number of thioether (sulfide) groups is 1. The van der Waals surface area contributed by atoms with E-state index in [0.29, 0.717) is 10.0 Å². The van der Waals surface area contributed by atoms with Crippen LogP contribution in [0.4, 0.5) is 4.39 Å².